The van der Waals surface area contributed by atoms with Crippen LogP contribution in [0.2, 0.25) is 5.02 Å². The summed E-state index contributed by atoms with van der Waals surface area (Å²) >= 11 is 5.93. The zero-order chi connectivity index (χ0) is 20.4. The number of para-hydroxylation sites is 1. The van der Waals surface area contributed by atoms with Crippen molar-refractivity contribution in [1.29, 1.82) is 0 Å². The minimum absolute atomic E-state index is 0.0142. The third kappa shape index (κ3) is 4.18. The maximum Gasteiger partial charge on any atom is 0.240 e. The zero-order valence-electron chi connectivity index (χ0n) is 16.3. The second kappa shape index (κ2) is 8.35. The number of carbonyl (C=O) groups is 1. The molecule has 2 N–H and O–H groups in total. The van der Waals surface area contributed by atoms with Crippen molar-refractivity contribution in [2.75, 3.05) is 24.5 Å². The lowest BCUT2D eigenvalue weighted by atomic mass is 10.0. The number of piperazine rings is 1. The van der Waals surface area contributed by atoms with Gasteiger partial charge in [-0.15, -0.1) is 0 Å². The van der Waals surface area contributed by atoms with Gasteiger partial charge in [0.2, 0.25) is 5.91 Å². The van der Waals surface area contributed by atoms with Crippen LogP contribution in [0.3, 0.4) is 0 Å². The van der Waals surface area contributed by atoms with Crippen LogP contribution >= 0.6 is 11.6 Å². The first-order chi connectivity index (χ1) is 14.0. The number of hydrogen-bond donors (Lipinski definition) is 1. The van der Waals surface area contributed by atoms with Gasteiger partial charge in [0.1, 0.15) is 12.1 Å². The fraction of sp³-hybridized carbons (Fsp3) is 0.318. The quantitative estimate of drug-likeness (QED) is 0.717. The topological polar surface area (TPSA) is 75.4 Å². The van der Waals surface area contributed by atoms with E-state index in [4.69, 9.17) is 17.3 Å². The van der Waals surface area contributed by atoms with Gasteiger partial charge in [0.25, 0.3) is 0 Å². The van der Waals surface area contributed by atoms with Gasteiger partial charge in [0.05, 0.1) is 11.6 Å². The summed E-state index contributed by atoms with van der Waals surface area (Å²) in [7, 11) is 0. The molecule has 29 heavy (non-hydrogen) atoms. The molecule has 0 aliphatic carbocycles. The summed E-state index contributed by atoms with van der Waals surface area (Å²) in [4.78, 5) is 25.9. The molecular formula is C22H24ClN5O. The molecule has 2 heterocycles. The molecule has 1 amide bonds. The Morgan fingerprint density at radius 3 is 2.69 bits per heavy atom. The highest BCUT2D eigenvalue weighted by atomic mass is 35.5. The first-order valence-corrected chi connectivity index (χ1v) is 10.2. The van der Waals surface area contributed by atoms with Crippen LogP contribution in [0.5, 0.6) is 0 Å². The molecule has 2 aromatic carbocycles. The maximum atomic E-state index is 13.0. The van der Waals surface area contributed by atoms with Crippen molar-refractivity contribution in [2.45, 2.75) is 25.4 Å². The fourth-order valence-electron chi connectivity index (χ4n) is 3.89. The summed E-state index contributed by atoms with van der Waals surface area (Å²) in [6, 6.07) is 14.9. The van der Waals surface area contributed by atoms with Crippen LogP contribution in [-0.4, -0.2) is 52.5 Å². The van der Waals surface area contributed by atoms with Crippen LogP contribution in [0.4, 0.5) is 5.82 Å². The molecule has 1 aromatic heterocycles. The van der Waals surface area contributed by atoms with Crippen LogP contribution in [-0.2, 0) is 11.2 Å². The summed E-state index contributed by atoms with van der Waals surface area (Å²) in [6.07, 6.45) is 2.10. The second-order valence-electron chi connectivity index (χ2n) is 7.48. The molecule has 7 heteroatoms. The summed E-state index contributed by atoms with van der Waals surface area (Å²) < 4.78 is 0. The molecule has 1 fully saturated rings. The number of hydrogen-bond acceptors (Lipinski definition) is 5. The molecule has 1 aliphatic rings. The number of nitrogens with two attached hydrogens (primary N) is 1. The molecule has 0 bridgehead atoms. The molecular weight excluding hydrogens is 386 g/mol. The van der Waals surface area contributed by atoms with Crippen molar-refractivity contribution in [3.8, 4) is 0 Å². The van der Waals surface area contributed by atoms with Crippen molar-refractivity contribution < 1.29 is 4.79 Å². The van der Waals surface area contributed by atoms with Gasteiger partial charge < -0.3 is 15.5 Å². The molecule has 0 radical (unpaired) electrons. The fourth-order valence-corrected chi connectivity index (χ4v) is 4.02. The molecule has 6 nitrogen and oxygen atoms in total. The average Bonchev–Trinajstić information content (AvgIpc) is 2.74. The number of nitrogens with zero attached hydrogens (tertiary/aromatic N) is 4. The van der Waals surface area contributed by atoms with Crippen molar-refractivity contribution in [3.05, 3.63) is 65.4 Å². The Balaban J connectivity index is 1.44. The van der Waals surface area contributed by atoms with Crippen molar-refractivity contribution >= 4 is 34.2 Å². The van der Waals surface area contributed by atoms with Gasteiger partial charge in [-0.3, -0.25) is 4.79 Å². The Morgan fingerprint density at radius 1 is 1.17 bits per heavy atom. The maximum absolute atomic E-state index is 13.0. The van der Waals surface area contributed by atoms with Crippen molar-refractivity contribution in [1.82, 2.24) is 14.9 Å². The van der Waals surface area contributed by atoms with Gasteiger partial charge >= 0.3 is 0 Å². The molecule has 0 spiro atoms. The van der Waals surface area contributed by atoms with E-state index < -0.39 is 6.04 Å². The summed E-state index contributed by atoms with van der Waals surface area (Å²) in [5, 5.41) is 1.71. The Labute approximate surface area is 175 Å². The molecule has 0 saturated carbocycles. The highest BCUT2D eigenvalue weighted by Crippen LogP contribution is 2.25. The van der Waals surface area contributed by atoms with E-state index >= 15 is 0 Å². The zero-order valence-corrected chi connectivity index (χ0v) is 17.1. The predicted molar refractivity (Wildman–Crippen MR) is 116 cm³/mol. The number of amides is 1. The van der Waals surface area contributed by atoms with Gasteiger partial charge in [-0.1, -0.05) is 35.9 Å². The summed E-state index contributed by atoms with van der Waals surface area (Å²) in [6.45, 7) is 4.10. The first kappa shape index (κ1) is 19.6. The van der Waals surface area contributed by atoms with E-state index in [1.807, 2.05) is 53.4 Å². The number of rotatable bonds is 4. The Hall–Kier alpha value is -2.70. The van der Waals surface area contributed by atoms with Gasteiger partial charge in [0.15, 0.2) is 0 Å². The number of anilines is 1. The van der Waals surface area contributed by atoms with Crippen LogP contribution < -0.4 is 10.6 Å². The van der Waals surface area contributed by atoms with E-state index in [2.05, 4.69) is 21.8 Å². The first-order valence-electron chi connectivity index (χ1n) is 9.78. The Kier molecular flexibility index (Phi) is 5.65. The number of fused-ring (bicyclic) bond motifs is 1. The molecule has 1 saturated heterocycles. The van der Waals surface area contributed by atoms with E-state index in [1.165, 1.54) is 0 Å². The predicted octanol–water partition coefficient (Wildman–Crippen LogP) is 2.89. The van der Waals surface area contributed by atoms with Crippen LogP contribution in [0, 0.1) is 0 Å². The highest BCUT2D eigenvalue weighted by molar-refractivity contribution is 6.30. The highest BCUT2D eigenvalue weighted by Gasteiger charge is 2.31. The van der Waals surface area contributed by atoms with E-state index in [9.17, 15) is 4.79 Å². The van der Waals surface area contributed by atoms with Gasteiger partial charge in [-0.05, 0) is 43.2 Å². The van der Waals surface area contributed by atoms with Gasteiger partial charge in [-0.2, -0.15) is 0 Å². The largest absolute Gasteiger partial charge is 0.352 e. The number of benzene rings is 2. The van der Waals surface area contributed by atoms with Crippen LogP contribution in [0.15, 0.2) is 54.9 Å². The monoisotopic (exact) mass is 409 g/mol. The number of aromatic nitrogens is 2. The third-order valence-corrected chi connectivity index (χ3v) is 5.67. The van der Waals surface area contributed by atoms with Gasteiger partial charge in [0, 0.05) is 36.1 Å². The van der Waals surface area contributed by atoms with E-state index in [0.29, 0.717) is 31.1 Å². The second-order valence-corrected chi connectivity index (χ2v) is 7.91. The molecule has 150 valence electrons. The molecule has 4 rings (SSSR count). The minimum atomic E-state index is -0.565. The molecule has 1 aliphatic heterocycles. The lowest BCUT2D eigenvalue weighted by molar-refractivity contribution is -0.135. The summed E-state index contributed by atoms with van der Waals surface area (Å²) in [5.41, 5.74) is 8.18. The summed E-state index contributed by atoms with van der Waals surface area (Å²) in [5.74, 6) is 0.902. The molecule has 3 aromatic rings. The minimum Gasteiger partial charge on any atom is -0.352 e. The lowest BCUT2D eigenvalue weighted by Crippen LogP contribution is -2.58. The van der Waals surface area contributed by atoms with E-state index in [1.54, 1.807) is 6.33 Å². The van der Waals surface area contributed by atoms with E-state index in [0.717, 1.165) is 22.3 Å². The number of halogens is 1. The van der Waals surface area contributed by atoms with Crippen LogP contribution in [0.25, 0.3) is 10.9 Å². The third-order valence-electron chi connectivity index (χ3n) is 5.42. The van der Waals surface area contributed by atoms with Gasteiger partial charge in [-0.25, -0.2) is 9.97 Å². The Bertz CT molecular complexity index is 1000. The van der Waals surface area contributed by atoms with Crippen LogP contribution in [0.1, 0.15) is 12.5 Å². The molecule has 0 unspecified atom stereocenters. The smallest absolute Gasteiger partial charge is 0.240 e. The van der Waals surface area contributed by atoms with E-state index in [-0.39, 0.29) is 11.9 Å². The standard InChI is InChI=1S/C22H24ClN5O/c1-15-13-27(21-18-4-2-3-5-20(18)25-14-26-21)10-11-28(15)22(29)19(24)12-16-6-8-17(23)9-7-16/h2-9,14-15,19H,10-13,24H2,1H3/t15-,19-/m1/s1. The number of carbonyl (C=O) groups excluding carboxylic acids is 1. The Morgan fingerprint density at radius 2 is 1.93 bits per heavy atom. The normalized spacial score (nSPS) is 18.1. The van der Waals surface area contributed by atoms with Crippen molar-refractivity contribution in [2.24, 2.45) is 5.73 Å². The average molecular weight is 410 g/mol. The molecule has 2 atom stereocenters. The SMILES string of the molecule is C[C@@H]1CN(c2ncnc3ccccc23)CCN1C(=O)[C@H](N)Cc1ccc(Cl)cc1. The van der Waals surface area contributed by atoms with Crippen molar-refractivity contribution in [3.63, 3.8) is 0 Å². The lowest BCUT2D eigenvalue weighted by Gasteiger charge is -2.41.